The van der Waals surface area contributed by atoms with Gasteiger partial charge >= 0.3 is 0 Å². The number of piperidine rings is 1. The highest BCUT2D eigenvalue weighted by Gasteiger charge is 2.22. The number of nitrogens with one attached hydrogen (secondary N) is 1. The molecule has 0 aliphatic carbocycles. The van der Waals surface area contributed by atoms with Gasteiger partial charge in [-0.25, -0.2) is 4.99 Å². The molecular formula is C22H35IN4O2. The molecule has 2 aliphatic heterocycles. The number of hydrogen-bond acceptors (Lipinski definition) is 3. The van der Waals surface area contributed by atoms with Gasteiger partial charge in [0, 0.05) is 45.8 Å². The Morgan fingerprint density at radius 1 is 1.17 bits per heavy atom. The number of benzene rings is 1. The summed E-state index contributed by atoms with van der Waals surface area (Å²) in [5, 5.41) is 3.44. The van der Waals surface area contributed by atoms with Crippen LogP contribution in [0.3, 0.4) is 0 Å². The van der Waals surface area contributed by atoms with Crippen LogP contribution < -0.4 is 5.32 Å². The van der Waals surface area contributed by atoms with Crippen molar-refractivity contribution in [3.05, 3.63) is 35.4 Å². The van der Waals surface area contributed by atoms with Crippen molar-refractivity contribution in [2.75, 3.05) is 32.8 Å². The van der Waals surface area contributed by atoms with Crippen molar-refractivity contribution in [3.8, 4) is 0 Å². The Kier molecular flexibility index (Phi) is 10.2. The van der Waals surface area contributed by atoms with Crippen LogP contribution in [0.1, 0.15) is 50.7 Å². The zero-order chi connectivity index (χ0) is 19.8. The van der Waals surface area contributed by atoms with E-state index in [-0.39, 0.29) is 29.9 Å². The molecule has 2 heterocycles. The smallest absolute Gasteiger partial charge is 0.222 e. The lowest BCUT2D eigenvalue weighted by atomic mass is 10.1. The summed E-state index contributed by atoms with van der Waals surface area (Å²) in [4.78, 5) is 21.2. The molecule has 2 aliphatic rings. The standard InChI is InChI=1S/C22H34N4O2.HI/c1-3-23-22(25-14-11-20(12-15-25)28-4-2)24-16-18-8-5-6-9-19(18)17-26-13-7-10-21(26)27;/h5-6,8-9,20H,3-4,7,10-17H2,1-2H3,(H,23,24);1H. The van der Waals surface area contributed by atoms with Crippen LogP contribution in [0.2, 0.25) is 0 Å². The minimum Gasteiger partial charge on any atom is -0.378 e. The Morgan fingerprint density at radius 3 is 2.52 bits per heavy atom. The van der Waals surface area contributed by atoms with E-state index in [1.54, 1.807) is 0 Å². The lowest BCUT2D eigenvalue weighted by Gasteiger charge is -2.34. The molecule has 1 amide bonds. The average molecular weight is 514 g/mol. The van der Waals surface area contributed by atoms with Crippen molar-refractivity contribution in [2.45, 2.75) is 58.7 Å². The molecule has 0 aromatic heterocycles. The van der Waals surface area contributed by atoms with E-state index >= 15 is 0 Å². The summed E-state index contributed by atoms with van der Waals surface area (Å²) in [5.74, 6) is 1.24. The second kappa shape index (κ2) is 12.4. The first kappa shape index (κ1) is 23.9. The fourth-order valence-electron chi connectivity index (χ4n) is 4.00. The molecule has 2 fully saturated rings. The van der Waals surface area contributed by atoms with Gasteiger partial charge in [-0.1, -0.05) is 24.3 Å². The van der Waals surface area contributed by atoms with E-state index in [4.69, 9.17) is 9.73 Å². The van der Waals surface area contributed by atoms with Gasteiger partial charge in [0.1, 0.15) is 0 Å². The Balaban J connectivity index is 0.00000300. The zero-order valence-electron chi connectivity index (χ0n) is 17.7. The normalized spacial score (nSPS) is 18.1. The topological polar surface area (TPSA) is 57.2 Å². The Hall–Kier alpha value is -1.35. The largest absolute Gasteiger partial charge is 0.378 e. The number of likely N-dealkylation sites (tertiary alicyclic amines) is 2. The van der Waals surface area contributed by atoms with Gasteiger partial charge in [0.2, 0.25) is 5.91 Å². The van der Waals surface area contributed by atoms with Crippen LogP contribution in [-0.2, 0) is 22.6 Å². The van der Waals surface area contributed by atoms with Crippen LogP contribution in [0.15, 0.2) is 29.3 Å². The minimum absolute atomic E-state index is 0. The van der Waals surface area contributed by atoms with Gasteiger partial charge in [0.25, 0.3) is 0 Å². The van der Waals surface area contributed by atoms with Gasteiger partial charge in [-0.05, 0) is 44.2 Å². The molecule has 29 heavy (non-hydrogen) atoms. The monoisotopic (exact) mass is 514 g/mol. The number of aliphatic imine (C=N–C) groups is 1. The number of ether oxygens (including phenoxy) is 1. The predicted molar refractivity (Wildman–Crippen MR) is 128 cm³/mol. The second-order valence-corrected chi connectivity index (χ2v) is 7.50. The average Bonchev–Trinajstić information content (AvgIpc) is 3.12. The zero-order valence-corrected chi connectivity index (χ0v) is 20.1. The summed E-state index contributed by atoms with van der Waals surface area (Å²) in [7, 11) is 0. The molecule has 1 aromatic carbocycles. The van der Waals surface area contributed by atoms with Crippen LogP contribution in [0.25, 0.3) is 0 Å². The number of halogens is 1. The van der Waals surface area contributed by atoms with E-state index in [9.17, 15) is 4.79 Å². The van der Waals surface area contributed by atoms with Gasteiger partial charge < -0.3 is 19.9 Å². The minimum atomic E-state index is 0. The van der Waals surface area contributed by atoms with Crippen molar-refractivity contribution in [2.24, 2.45) is 4.99 Å². The summed E-state index contributed by atoms with van der Waals surface area (Å²) in [6.45, 7) is 9.95. The van der Waals surface area contributed by atoms with Gasteiger partial charge in [-0.15, -0.1) is 24.0 Å². The second-order valence-electron chi connectivity index (χ2n) is 7.50. The van der Waals surface area contributed by atoms with Gasteiger partial charge in [-0.3, -0.25) is 4.79 Å². The maximum atomic E-state index is 12.0. The quantitative estimate of drug-likeness (QED) is 0.345. The highest BCUT2D eigenvalue weighted by Crippen LogP contribution is 2.19. The molecule has 162 valence electrons. The third-order valence-electron chi connectivity index (χ3n) is 5.53. The molecule has 0 spiro atoms. The van der Waals surface area contributed by atoms with Crippen molar-refractivity contribution in [1.29, 1.82) is 0 Å². The first-order valence-electron chi connectivity index (χ1n) is 10.7. The molecule has 1 N–H and O–H groups in total. The molecule has 6 nitrogen and oxygen atoms in total. The van der Waals surface area contributed by atoms with E-state index in [0.29, 0.717) is 25.6 Å². The summed E-state index contributed by atoms with van der Waals surface area (Å²) in [5.41, 5.74) is 2.40. The highest BCUT2D eigenvalue weighted by atomic mass is 127. The molecule has 0 unspecified atom stereocenters. The molecule has 3 rings (SSSR count). The molecule has 0 radical (unpaired) electrons. The number of amides is 1. The summed E-state index contributed by atoms with van der Waals surface area (Å²) < 4.78 is 5.77. The predicted octanol–water partition coefficient (Wildman–Crippen LogP) is 3.39. The first-order valence-corrected chi connectivity index (χ1v) is 10.7. The fraction of sp³-hybridized carbons (Fsp3) is 0.636. The SMILES string of the molecule is CCNC(=NCc1ccccc1CN1CCCC1=O)N1CCC(OCC)CC1.I. The maximum Gasteiger partial charge on any atom is 0.222 e. The van der Waals surface area contributed by atoms with Crippen LogP contribution in [0.4, 0.5) is 0 Å². The lowest BCUT2D eigenvalue weighted by Crippen LogP contribution is -2.47. The summed E-state index contributed by atoms with van der Waals surface area (Å²) in [6.07, 6.45) is 4.13. The molecule has 0 atom stereocenters. The van der Waals surface area contributed by atoms with Crippen molar-refractivity contribution >= 4 is 35.8 Å². The van der Waals surface area contributed by atoms with Crippen molar-refractivity contribution < 1.29 is 9.53 Å². The van der Waals surface area contributed by atoms with E-state index in [0.717, 1.165) is 58.0 Å². The number of hydrogen-bond donors (Lipinski definition) is 1. The van der Waals surface area contributed by atoms with Gasteiger partial charge in [-0.2, -0.15) is 0 Å². The Bertz CT molecular complexity index is 675. The Labute approximate surface area is 192 Å². The lowest BCUT2D eigenvalue weighted by molar-refractivity contribution is -0.128. The molecule has 0 bridgehead atoms. The summed E-state index contributed by atoms with van der Waals surface area (Å²) >= 11 is 0. The number of rotatable bonds is 7. The third kappa shape index (κ3) is 6.84. The van der Waals surface area contributed by atoms with E-state index in [2.05, 4.69) is 42.3 Å². The molecule has 1 aromatic rings. The van der Waals surface area contributed by atoms with Crippen LogP contribution in [0, 0.1) is 0 Å². The van der Waals surface area contributed by atoms with Crippen molar-refractivity contribution in [3.63, 3.8) is 0 Å². The van der Waals surface area contributed by atoms with Crippen molar-refractivity contribution in [1.82, 2.24) is 15.1 Å². The van der Waals surface area contributed by atoms with Crippen LogP contribution in [-0.4, -0.2) is 60.6 Å². The summed E-state index contributed by atoms with van der Waals surface area (Å²) in [6, 6.07) is 8.36. The van der Waals surface area contributed by atoms with Crippen LogP contribution >= 0.6 is 24.0 Å². The molecule has 7 heteroatoms. The molecular weight excluding hydrogens is 479 g/mol. The number of guanidine groups is 1. The first-order chi connectivity index (χ1) is 13.7. The highest BCUT2D eigenvalue weighted by molar-refractivity contribution is 14.0. The van der Waals surface area contributed by atoms with E-state index < -0.39 is 0 Å². The number of carbonyl (C=O) groups excluding carboxylic acids is 1. The Morgan fingerprint density at radius 2 is 1.90 bits per heavy atom. The van der Waals surface area contributed by atoms with Gasteiger partial charge in [0.05, 0.1) is 12.6 Å². The maximum absolute atomic E-state index is 12.0. The fourth-order valence-corrected chi connectivity index (χ4v) is 4.00. The number of nitrogens with zero attached hydrogens (tertiary/aromatic N) is 3. The van der Waals surface area contributed by atoms with E-state index in [1.807, 2.05) is 11.0 Å². The van der Waals surface area contributed by atoms with Crippen LogP contribution in [0.5, 0.6) is 0 Å². The molecule has 0 saturated carbocycles. The van der Waals surface area contributed by atoms with Gasteiger partial charge in [0.15, 0.2) is 5.96 Å². The molecule has 2 saturated heterocycles. The third-order valence-corrected chi connectivity index (χ3v) is 5.53. The van der Waals surface area contributed by atoms with E-state index in [1.165, 1.54) is 11.1 Å². The number of carbonyl (C=O) groups is 1.